The average molecular weight is 340 g/mol. The highest BCUT2D eigenvalue weighted by atomic mass is 79.9. The Hall–Kier alpha value is -1.36. The van der Waals surface area contributed by atoms with Crippen LogP contribution >= 0.6 is 15.9 Å². The fraction of sp³-hybridized carbons (Fsp3) is 0.467. The predicted molar refractivity (Wildman–Crippen MR) is 79.5 cm³/mol. The number of carboxylic acid groups (broad SMARTS) is 1. The van der Waals surface area contributed by atoms with Gasteiger partial charge in [0.2, 0.25) is 5.91 Å². The molecule has 1 aromatic rings. The Kier molecular flexibility index (Phi) is 5.17. The van der Waals surface area contributed by atoms with Gasteiger partial charge in [0, 0.05) is 17.1 Å². The van der Waals surface area contributed by atoms with E-state index in [2.05, 4.69) is 15.9 Å². The van der Waals surface area contributed by atoms with Crippen LogP contribution in [0.2, 0.25) is 0 Å². The minimum absolute atomic E-state index is 0.0223. The lowest BCUT2D eigenvalue weighted by atomic mass is 9.98. The summed E-state index contributed by atoms with van der Waals surface area (Å²) in [6.07, 6.45) is 3.12. The van der Waals surface area contributed by atoms with E-state index in [0.717, 1.165) is 29.3 Å². The van der Waals surface area contributed by atoms with Crippen molar-refractivity contribution in [3.8, 4) is 0 Å². The molecule has 0 aliphatic carbocycles. The first-order valence-corrected chi connectivity index (χ1v) is 7.61. The van der Waals surface area contributed by atoms with Crippen LogP contribution in [0.4, 0.5) is 0 Å². The number of nitrogens with zero attached hydrogens (tertiary/aromatic N) is 1. The summed E-state index contributed by atoms with van der Waals surface area (Å²) in [5.74, 6) is -0.814. The van der Waals surface area contributed by atoms with Crippen LogP contribution in [-0.2, 0) is 16.0 Å². The summed E-state index contributed by atoms with van der Waals surface area (Å²) in [6, 6.07) is 7.51. The Bertz CT molecular complexity index is 504. The molecule has 1 aromatic carbocycles. The number of piperidine rings is 1. The summed E-state index contributed by atoms with van der Waals surface area (Å²) < 4.78 is 0.948. The van der Waals surface area contributed by atoms with Crippen molar-refractivity contribution in [1.29, 1.82) is 0 Å². The van der Waals surface area contributed by atoms with E-state index in [1.165, 1.54) is 0 Å². The zero-order valence-corrected chi connectivity index (χ0v) is 12.8. The molecule has 0 aromatic heterocycles. The quantitative estimate of drug-likeness (QED) is 0.917. The van der Waals surface area contributed by atoms with Gasteiger partial charge < -0.3 is 10.0 Å². The first-order chi connectivity index (χ1) is 9.56. The highest BCUT2D eigenvalue weighted by molar-refractivity contribution is 9.10. The van der Waals surface area contributed by atoms with Gasteiger partial charge in [-0.15, -0.1) is 0 Å². The maximum Gasteiger partial charge on any atom is 0.305 e. The van der Waals surface area contributed by atoms with Gasteiger partial charge in [0.25, 0.3) is 0 Å². The number of carbonyl (C=O) groups excluding carboxylic acids is 1. The second-order valence-electron chi connectivity index (χ2n) is 5.14. The molecule has 2 rings (SSSR count). The molecule has 0 bridgehead atoms. The maximum atomic E-state index is 12.4. The Morgan fingerprint density at radius 3 is 2.85 bits per heavy atom. The van der Waals surface area contributed by atoms with E-state index in [-0.39, 0.29) is 18.4 Å². The smallest absolute Gasteiger partial charge is 0.305 e. The lowest BCUT2D eigenvalue weighted by molar-refractivity contribution is -0.141. The summed E-state index contributed by atoms with van der Waals surface area (Å²) in [4.78, 5) is 25.0. The van der Waals surface area contributed by atoms with Crippen LogP contribution in [0.15, 0.2) is 28.7 Å². The van der Waals surface area contributed by atoms with Crippen molar-refractivity contribution < 1.29 is 14.7 Å². The largest absolute Gasteiger partial charge is 0.481 e. The number of amides is 1. The molecular weight excluding hydrogens is 322 g/mol. The molecule has 0 spiro atoms. The third kappa shape index (κ3) is 4.07. The molecule has 108 valence electrons. The van der Waals surface area contributed by atoms with Gasteiger partial charge in [-0.2, -0.15) is 0 Å². The SMILES string of the molecule is O=C(O)CC1CCCCN1C(=O)Cc1cccc(Br)c1. The Labute approximate surface area is 126 Å². The van der Waals surface area contributed by atoms with Crippen molar-refractivity contribution in [2.45, 2.75) is 38.1 Å². The van der Waals surface area contributed by atoms with E-state index in [9.17, 15) is 9.59 Å². The Morgan fingerprint density at radius 1 is 1.35 bits per heavy atom. The molecule has 4 nitrogen and oxygen atoms in total. The molecule has 1 saturated heterocycles. The number of hydrogen-bond donors (Lipinski definition) is 1. The van der Waals surface area contributed by atoms with Gasteiger partial charge in [-0.3, -0.25) is 9.59 Å². The minimum Gasteiger partial charge on any atom is -0.481 e. The topological polar surface area (TPSA) is 57.6 Å². The fourth-order valence-corrected chi connectivity index (χ4v) is 3.11. The number of hydrogen-bond acceptors (Lipinski definition) is 2. The normalized spacial score (nSPS) is 18.9. The zero-order valence-electron chi connectivity index (χ0n) is 11.2. The number of carboxylic acids is 1. The number of benzene rings is 1. The third-order valence-corrected chi connectivity index (χ3v) is 4.10. The molecular formula is C15H18BrNO3. The molecule has 5 heteroatoms. The second-order valence-corrected chi connectivity index (χ2v) is 6.06. The average Bonchev–Trinajstić information content (AvgIpc) is 2.38. The van der Waals surface area contributed by atoms with E-state index in [1.807, 2.05) is 24.3 Å². The van der Waals surface area contributed by atoms with Crippen molar-refractivity contribution in [2.24, 2.45) is 0 Å². The van der Waals surface area contributed by atoms with Crippen LogP contribution in [-0.4, -0.2) is 34.5 Å². The molecule has 0 radical (unpaired) electrons. The van der Waals surface area contributed by atoms with Crippen molar-refractivity contribution >= 4 is 27.8 Å². The van der Waals surface area contributed by atoms with E-state index >= 15 is 0 Å². The standard InChI is InChI=1S/C15H18BrNO3/c16-12-5-3-4-11(8-12)9-14(18)17-7-2-1-6-13(17)10-15(19)20/h3-5,8,13H,1-2,6-7,9-10H2,(H,19,20). The van der Waals surface area contributed by atoms with Gasteiger partial charge in [0.15, 0.2) is 0 Å². The van der Waals surface area contributed by atoms with Gasteiger partial charge in [0.1, 0.15) is 0 Å². The summed E-state index contributed by atoms with van der Waals surface area (Å²) in [5, 5.41) is 8.95. The van der Waals surface area contributed by atoms with Crippen molar-refractivity contribution in [2.75, 3.05) is 6.54 Å². The monoisotopic (exact) mass is 339 g/mol. The molecule has 1 N–H and O–H groups in total. The molecule has 1 heterocycles. The van der Waals surface area contributed by atoms with Gasteiger partial charge in [0.05, 0.1) is 12.8 Å². The summed E-state index contributed by atoms with van der Waals surface area (Å²) in [7, 11) is 0. The highest BCUT2D eigenvalue weighted by Crippen LogP contribution is 2.21. The van der Waals surface area contributed by atoms with Crippen LogP contribution in [0, 0.1) is 0 Å². The molecule has 1 atom stereocenters. The molecule has 1 aliphatic heterocycles. The molecule has 0 saturated carbocycles. The van der Waals surface area contributed by atoms with E-state index in [1.54, 1.807) is 4.90 Å². The number of aliphatic carboxylic acids is 1. The van der Waals surface area contributed by atoms with Crippen LogP contribution in [0.25, 0.3) is 0 Å². The van der Waals surface area contributed by atoms with Crippen LogP contribution in [0.1, 0.15) is 31.2 Å². The van der Waals surface area contributed by atoms with Crippen LogP contribution in [0.3, 0.4) is 0 Å². The Balaban J connectivity index is 2.04. The van der Waals surface area contributed by atoms with Gasteiger partial charge >= 0.3 is 5.97 Å². The van der Waals surface area contributed by atoms with E-state index in [4.69, 9.17) is 5.11 Å². The number of rotatable bonds is 4. The predicted octanol–water partition coefficient (Wildman–Crippen LogP) is 2.85. The van der Waals surface area contributed by atoms with Gasteiger partial charge in [-0.25, -0.2) is 0 Å². The lowest BCUT2D eigenvalue weighted by Gasteiger charge is -2.35. The number of halogens is 1. The maximum absolute atomic E-state index is 12.4. The summed E-state index contributed by atoms with van der Waals surface area (Å²) in [5.41, 5.74) is 0.948. The third-order valence-electron chi connectivity index (χ3n) is 3.60. The van der Waals surface area contributed by atoms with Crippen molar-refractivity contribution in [3.05, 3.63) is 34.3 Å². The Morgan fingerprint density at radius 2 is 2.15 bits per heavy atom. The minimum atomic E-state index is -0.836. The molecule has 1 fully saturated rings. The highest BCUT2D eigenvalue weighted by Gasteiger charge is 2.28. The van der Waals surface area contributed by atoms with Crippen molar-refractivity contribution in [1.82, 2.24) is 4.90 Å². The first kappa shape index (κ1) is 15.0. The van der Waals surface area contributed by atoms with Crippen molar-refractivity contribution in [3.63, 3.8) is 0 Å². The molecule has 1 aliphatic rings. The lowest BCUT2D eigenvalue weighted by Crippen LogP contribution is -2.45. The van der Waals surface area contributed by atoms with Crippen LogP contribution < -0.4 is 0 Å². The number of likely N-dealkylation sites (tertiary alicyclic amines) is 1. The van der Waals surface area contributed by atoms with E-state index < -0.39 is 5.97 Å². The second kappa shape index (κ2) is 6.88. The van der Waals surface area contributed by atoms with Gasteiger partial charge in [-0.05, 0) is 37.0 Å². The fourth-order valence-electron chi connectivity index (χ4n) is 2.67. The molecule has 1 unspecified atom stereocenters. The zero-order chi connectivity index (χ0) is 14.5. The van der Waals surface area contributed by atoms with Gasteiger partial charge in [-0.1, -0.05) is 28.1 Å². The first-order valence-electron chi connectivity index (χ1n) is 6.82. The van der Waals surface area contributed by atoms with E-state index in [0.29, 0.717) is 13.0 Å². The van der Waals surface area contributed by atoms with Crippen LogP contribution in [0.5, 0.6) is 0 Å². The molecule has 1 amide bonds. The summed E-state index contributed by atoms with van der Waals surface area (Å²) >= 11 is 3.39. The summed E-state index contributed by atoms with van der Waals surface area (Å²) in [6.45, 7) is 0.671. The number of carbonyl (C=O) groups is 2. The molecule has 20 heavy (non-hydrogen) atoms.